The van der Waals surface area contributed by atoms with Gasteiger partial charge in [0.15, 0.2) is 0 Å². The number of fused-ring (bicyclic) bond motifs is 1. The lowest BCUT2D eigenvalue weighted by Gasteiger charge is -2.32. The molecule has 26 heavy (non-hydrogen) atoms. The summed E-state index contributed by atoms with van der Waals surface area (Å²) in [6.45, 7) is 1.49. The van der Waals surface area contributed by atoms with Crippen LogP contribution in [-0.2, 0) is 0 Å². The van der Waals surface area contributed by atoms with Crippen molar-refractivity contribution in [2.24, 2.45) is 0 Å². The molecule has 134 valence electrons. The third-order valence-corrected chi connectivity index (χ3v) is 5.04. The minimum absolute atomic E-state index is 0.0885. The van der Waals surface area contributed by atoms with Crippen LogP contribution in [0.15, 0.2) is 48.8 Å². The van der Waals surface area contributed by atoms with Crippen molar-refractivity contribution in [3.8, 4) is 0 Å². The Hall–Kier alpha value is -2.89. The van der Waals surface area contributed by atoms with Crippen LogP contribution in [0.5, 0.6) is 0 Å². The monoisotopic (exact) mass is 349 g/mol. The van der Waals surface area contributed by atoms with Crippen LogP contribution < -0.4 is 4.90 Å². The molecule has 6 nitrogen and oxygen atoms in total. The van der Waals surface area contributed by atoms with E-state index in [-0.39, 0.29) is 5.91 Å². The van der Waals surface area contributed by atoms with Crippen molar-refractivity contribution < 1.29 is 4.79 Å². The maximum atomic E-state index is 13.2. The molecule has 1 aliphatic rings. The molecule has 3 aromatic rings. The zero-order valence-electron chi connectivity index (χ0n) is 15.2. The number of amides is 1. The number of benzene rings is 1. The highest BCUT2D eigenvalue weighted by molar-refractivity contribution is 6.07. The van der Waals surface area contributed by atoms with Crippen LogP contribution in [0.3, 0.4) is 0 Å². The molecule has 0 unspecified atom stereocenters. The lowest BCUT2D eigenvalue weighted by atomic mass is 10.0. The number of nitrogens with zero attached hydrogens (tertiary/aromatic N) is 5. The average Bonchev–Trinajstić information content (AvgIpc) is 3.21. The van der Waals surface area contributed by atoms with E-state index in [4.69, 9.17) is 0 Å². The topological polar surface area (TPSA) is 54.3 Å². The molecule has 0 spiro atoms. The number of hydrogen-bond donors (Lipinski definition) is 0. The van der Waals surface area contributed by atoms with Gasteiger partial charge in [-0.2, -0.15) is 5.10 Å². The molecule has 0 radical (unpaired) electrons. The number of likely N-dealkylation sites (tertiary alicyclic amines) is 1. The first-order chi connectivity index (χ1) is 12.6. The van der Waals surface area contributed by atoms with Crippen LogP contribution in [0, 0.1) is 0 Å². The van der Waals surface area contributed by atoms with E-state index in [0.717, 1.165) is 48.2 Å². The molecule has 4 rings (SSSR count). The van der Waals surface area contributed by atoms with E-state index in [0.29, 0.717) is 6.04 Å². The summed E-state index contributed by atoms with van der Waals surface area (Å²) in [7, 11) is 3.89. The van der Waals surface area contributed by atoms with Gasteiger partial charge in [-0.05, 0) is 31.0 Å². The quantitative estimate of drug-likeness (QED) is 0.729. The van der Waals surface area contributed by atoms with Crippen molar-refractivity contribution >= 4 is 22.6 Å². The molecule has 1 amide bonds. The second kappa shape index (κ2) is 6.78. The average molecular weight is 349 g/mol. The number of para-hydroxylation sites is 1. The number of carbonyl (C=O) groups excluding carboxylic acids is 1. The molecule has 0 N–H and O–H groups in total. The third kappa shape index (κ3) is 3.03. The molecule has 0 saturated carbocycles. The highest BCUT2D eigenvalue weighted by Crippen LogP contribution is 2.27. The smallest absolute Gasteiger partial charge is 0.254 e. The van der Waals surface area contributed by atoms with E-state index in [1.807, 2.05) is 77.4 Å². The van der Waals surface area contributed by atoms with Gasteiger partial charge in [0.25, 0.3) is 5.91 Å². The Morgan fingerprint density at radius 3 is 2.62 bits per heavy atom. The predicted molar refractivity (Wildman–Crippen MR) is 102 cm³/mol. The summed E-state index contributed by atoms with van der Waals surface area (Å²) < 4.78 is 2.01. The molecule has 1 aromatic carbocycles. The van der Waals surface area contributed by atoms with E-state index in [1.165, 1.54) is 0 Å². The van der Waals surface area contributed by atoms with Gasteiger partial charge in [0.2, 0.25) is 0 Å². The molecule has 0 aliphatic carbocycles. The van der Waals surface area contributed by atoms with Gasteiger partial charge in [-0.3, -0.25) is 9.48 Å². The Labute approximate surface area is 153 Å². The molecular formula is C20H23N5O. The normalized spacial score (nSPS) is 15.4. The number of rotatable bonds is 3. The van der Waals surface area contributed by atoms with Gasteiger partial charge in [-0.25, -0.2) is 4.98 Å². The maximum absolute atomic E-state index is 13.2. The van der Waals surface area contributed by atoms with Crippen molar-refractivity contribution in [2.75, 3.05) is 32.1 Å². The van der Waals surface area contributed by atoms with Crippen LogP contribution in [0.1, 0.15) is 29.2 Å². The molecule has 6 heteroatoms. The van der Waals surface area contributed by atoms with E-state index in [1.54, 1.807) is 0 Å². The van der Waals surface area contributed by atoms with E-state index in [9.17, 15) is 4.79 Å². The molecule has 2 aromatic heterocycles. The minimum atomic E-state index is 0.0885. The zero-order valence-corrected chi connectivity index (χ0v) is 15.2. The summed E-state index contributed by atoms with van der Waals surface area (Å²) in [5, 5.41) is 5.25. The van der Waals surface area contributed by atoms with Gasteiger partial charge in [-0.15, -0.1) is 0 Å². The first kappa shape index (κ1) is 16.6. The fourth-order valence-corrected chi connectivity index (χ4v) is 3.57. The third-order valence-electron chi connectivity index (χ3n) is 5.04. The first-order valence-corrected chi connectivity index (χ1v) is 8.99. The minimum Gasteiger partial charge on any atom is -0.363 e. The standard InChI is InChI=1S/C20H23N5O/c1-23(2)19-14-17(16-6-3-4-7-18(16)22-19)20(26)24-12-8-15(9-13-24)25-11-5-10-21-25/h3-7,10-11,14-15H,8-9,12-13H2,1-2H3. The predicted octanol–water partition coefficient (Wildman–Crippen LogP) is 2.97. The highest BCUT2D eigenvalue weighted by atomic mass is 16.2. The first-order valence-electron chi connectivity index (χ1n) is 8.99. The largest absolute Gasteiger partial charge is 0.363 e. The summed E-state index contributed by atoms with van der Waals surface area (Å²) in [6, 6.07) is 12.1. The maximum Gasteiger partial charge on any atom is 0.254 e. The van der Waals surface area contributed by atoms with Crippen molar-refractivity contribution in [1.82, 2.24) is 19.7 Å². The van der Waals surface area contributed by atoms with Gasteiger partial charge in [-0.1, -0.05) is 18.2 Å². The van der Waals surface area contributed by atoms with Crippen LogP contribution in [0.2, 0.25) is 0 Å². The highest BCUT2D eigenvalue weighted by Gasteiger charge is 2.26. The van der Waals surface area contributed by atoms with Gasteiger partial charge < -0.3 is 9.80 Å². The second-order valence-corrected chi connectivity index (χ2v) is 6.95. The lowest BCUT2D eigenvalue weighted by Crippen LogP contribution is -2.39. The molecule has 0 bridgehead atoms. The number of aromatic nitrogens is 3. The van der Waals surface area contributed by atoms with E-state index < -0.39 is 0 Å². The summed E-state index contributed by atoms with van der Waals surface area (Å²) in [5.41, 5.74) is 1.59. The van der Waals surface area contributed by atoms with Crippen molar-refractivity contribution in [2.45, 2.75) is 18.9 Å². The Balaban J connectivity index is 1.60. The fraction of sp³-hybridized carbons (Fsp3) is 0.350. The molecule has 0 atom stereocenters. The summed E-state index contributed by atoms with van der Waals surface area (Å²) in [6.07, 6.45) is 5.67. The van der Waals surface area contributed by atoms with Crippen molar-refractivity contribution in [3.05, 3.63) is 54.4 Å². The Bertz CT molecular complexity index is 911. The summed E-state index contributed by atoms with van der Waals surface area (Å²) in [4.78, 5) is 21.8. The molecule has 3 heterocycles. The van der Waals surface area contributed by atoms with E-state index in [2.05, 4.69) is 10.1 Å². The summed E-state index contributed by atoms with van der Waals surface area (Å²) >= 11 is 0. The second-order valence-electron chi connectivity index (χ2n) is 6.95. The molecule has 1 aliphatic heterocycles. The van der Waals surface area contributed by atoms with Crippen LogP contribution in [0.25, 0.3) is 10.9 Å². The van der Waals surface area contributed by atoms with Gasteiger partial charge in [0, 0.05) is 45.0 Å². The van der Waals surface area contributed by atoms with Gasteiger partial charge in [0.05, 0.1) is 17.1 Å². The molecular weight excluding hydrogens is 326 g/mol. The van der Waals surface area contributed by atoms with Gasteiger partial charge >= 0.3 is 0 Å². The Kier molecular flexibility index (Phi) is 4.32. The number of anilines is 1. The number of hydrogen-bond acceptors (Lipinski definition) is 4. The van der Waals surface area contributed by atoms with Crippen LogP contribution in [0.4, 0.5) is 5.82 Å². The Morgan fingerprint density at radius 1 is 1.15 bits per heavy atom. The Morgan fingerprint density at radius 2 is 1.92 bits per heavy atom. The number of piperidine rings is 1. The summed E-state index contributed by atoms with van der Waals surface area (Å²) in [5.74, 6) is 0.893. The number of carbonyl (C=O) groups is 1. The van der Waals surface area contributed by atoms with Crippen LogP contribution in [-0.4, -0.2) is 52.8 Å². The lowest BCUT2D eigenvalue weighted by molar-refractivity contribution is 0.0692. The number of pyridine rings is 1. The van der Waals surface area contributed by atoms with E-state index >= 15 is 0 Å². The zero-order chi connectivity index (χ0) is 18.1. The van der Waals surface area contributed by atoms with Crippen molar-refractivity contribution in [1.29, 1.82) is 0 Å². The van der Waals surface area contributed by atoms with Crippen LogP contribution >= 0.6 is 0 Å². The van der Waals surface area contributed by atoms with Gasteiger partial charge in [0.1, 0.15) is 5.82 Å². The molecule has 1 fully saturated rings. The van der Waals surface area contributed by atoms with Crippen molar-refractivity contribution in [3.63, 3.8) is 0 Å². The molecule has 1 saturated heterocycles. The SMILES string of the molecule is CN(C)c1cc(C(=O)N2CCC(n3cccn3)CC2)c2ccccc2n1. The fourth-order valence-electron chi connectivity index (χ4n) is 3.57.